The van der Waals surface area contributed by atoms with Crippen molar-refractivity contribution >= 4 is 28.3 Å². The van der Waals surface area contributed by atoms with Crippen LogP contribution in [0.3, 0.4) is 0 Å². The van der Waals surface area contributed by atoms with Gasteiger partial charge in [-0.15, -0.1) is 0 Å². The van der Waals surface area contributed by atoms with Gasteiger partial charge in [0.05, 0.1) is 19.4 Å². The number of rotatable bonds is 6. The van der Waals surface area contributed by atoms with Crippen LogP contribution in [0.4, 0.5) is 5.69 Å². The Hall–Kier alpha value is -3.58. The lowest BCUT2D eigenvalue weighted by atomic mass is 10.1. The fourth-order valence-corrected chi connectivity index (χ4v) is 4.04. The average Bonchev–Trinajstić information content (AvgIpc) is 2.86. The molecule has 3 aromatic rings. The zero-order chi connectivity index (χ0) is 22.5. The molecule has 7 heteroatoms. The van der Waals surface area contributed by atoms with Gasteiger partial charge in [0.25, 0.3) is 5.91 Å². The van der Waals surface area contributed by atoms with E-state index in [1.54, 1.807) is 24.1 Å². The maximum Gasteiger partial charge on any atom is 0.252 e. The second-order valence-corrected chi connectivity index (χ2v) is 7.75. The summed E-state index contributed by atoms with van der Waals surface area (Å²) in [5.74, 6) is 0.139. The van der Waals surface area contributed by atoms with E-state index in [0.29, 0.717) is 31.7 Å². The van der Waals surface area contributed by atoms with Crippen LogP contribution >= 0.6 is 0 Å². The Balaban J connectivity index is 1.39. The van der Waals surface area contributed by atoms with Gasteiger partial charge in [-0.25, -0.2) is 0 Å². The number of carbonyl (C=O) groups is 2. The standard InChI is InChI=1S/C25H27N3O4/c1-32-23-9-5-4-8-22(23)27-12-14-28(15-13-27)25(31)21(17-29)26-24(30)20-11-10-18-6-2-3-7-19(18)16-20/h2-11,16,21,29H,12-15,17H2,1H3,(H,26,30)/t21-/m0/s1. The first kappa shape index (κ1) is 21.6. The molecule has 2 N–H and O–H groups in total. The molecule has 0 spiro atoms. The monoisotopic (exact) mass is 433 g/mol. The topological polar surface area (TPSA) is 82.1 Å². The number of ether oxygens (including phenoxy) is 1. The lowest BCUT2D eigenvalue weighted by molar-refractivity contribution is -0.134. The van der Waals surface area contributed by atoms with Crippen molar-refractivity contribution in [2.45, 2.75) is 6.04 Å². The van der Waals surface area contributed by atoms with E-state index < -0.39 is 12.6 Å². The SMILES string of the molecule is COc1ccccc1N1CCN(C(=O)[C@H](CO)NC(=O)c2ccc3ccccc3c2)CC1. The van der Waals surface area contributed by atoms with Crippen LogP contribution in [0.1, 0.15) is 10.4 Å². The molecule has 1 fully saturated rings. The number of piperazine rings is 1. The maximum absolute atomic E-state index is 13.0. The van der Waals surface area contributed by atoms with Gasteiger partial charge in [-0.2, -0.15) is 0 Å². The minimum absolute atomic E-state index is 0.277. The number of benzene rings is 3. The number of para-hydroxylation sites is 2. The van der Waals surface area contributed by atoms with Gasteiger partial charge in [-0.1, -0.05) is 42.5 Å². The maximum atomic E-state index is 13.0. The first-order chi connectivity index (χ1) is 15.6. The number of carbonyl (C=O) groups excluding carboxylic acids is 2. The Morgan fingerprint density at radius 2 is 1.66 bits per heavy atom. The summed E-state index contributed by atoms with van der Waals surface area (Å²) in [6.07, 6.45) is 0. The molecule has 1 saturated heterocycles. The van der Waals surface area contributed by atoms with Crippen molar-refractivity contribution in [2.75, 3.05) is 44.8 Å². The van der Waals surface area contributed by atoms with Crippen molar-refractivity contribution in [2.24, 2.45) is 0 Å². The van der Waals surface area contributed by atoms with Gasteiger partial charge < -0.3 is 25.0 Å². The van der Waals surface area contributed by atoms with Gasteiger partial charge in [0.15, 0.2) is 0 Å². The molecule has 3 aromatic carbocycles. The molecule has 4 rings (SSSR count). The first-order valence-corrected chi connectivity index (χ1v) is 10.7. The quantitative estimate of drug-likeness (QED) is 0.623. The normalized spacial score (nSPS) is 14.8. The molecule has 0 saturated carbocycles. The van der Waals surface area contributed by atoms with Gasteiger partial charge in [0, 0.05) is 31.7 Å². The summed E-state index contributed by atoms with van der Waals surface area (Å²) in [5, 5.41) is 14.5. The van der Waals surface area contributed by atoms with Crippen molar-refractivity contribution in [1.29, 1.82) is 0 Å². The Morgan fingerprint density at radius 3 is 2.38 bits per heavy atom. The fraction of sp³-hybridized carbons (Fsp3) is 0.280. The predicted molar refractivity (Wildman–Crippen MR) is 124 cm³/mol. The van der Waals surface area contributed by atoms with Crippen molar-refractivity contribution < 1.29 is 19.4 Å². The molecule has 2 amide bonds. The molecule has 7 nitrogen and oxygen atoms in total. The van der Waals surface area contributed by atoms with Crippen LogP contribution in [0.2, 0.25) is 0 Å². The summed E-state index contributed by atoms with van der Waals surface area (Å²) in [6, 6.07) is 20.0. The van der Waals surface area contributed by atoms with Crippen molar-refractivity contribution in [3.63, 3.8) is 0 Å². The van der Waals surface area contributed by atoms with Crippen LogP contribution in [-0.4, -0.2) is 67.8 Å². The molecule has 1 aliphatic heterocycles. The molecule has 166 valence electrons. The molecule has 1 atom stereocenters. The van der Waals surface area contributed by atoms with Gasteiger partial charge in [-0.3, -0.25) is 9.59 Å². The lowest BCUT2D eigenvalue weighted by Crippen LogP contribution is -2.56. The van der Waals surface area contributed by atoms with Gasteiger partial charge >= 0.3 is 0 Å². The van der Waals surface area contributed by atoms with Crippen molar-refractivity contribution in [3.8, 4) is 5.75 Å². The number of anilines is 1. The highest BCUT2D eigenvalue weighted by atomic mass is 16.5. The largest absolute Gasteiger partial charge is 0.495 e. The van der Waals surface area contributed by atoms with E-state index in [2.05, 4.69) is 10.2 Å². The molecule has 1 aliphatic rings. The molecule has 0 bridgehead atoms. The average molecular weight is 434 g/mol. The number of amides is 2. The van der Waals surface area contributed by atoms with E-state index in [9.17, 15) is 14.7 Å². The van der Waals surface area contributed by atoms with E-state index in [1.165, 1.54) is 0 Å². The summed E-state index contributed by atoms with van der Waals surface area (Å²) in [4.78, 5) is 29.6. The highest BCUT2D eigenvalue weighted by Crippen LogP contribution is 2.28. The van der Waals surface area contributed by atoms with E-state index in [0.717, 1.165) is 22.2 Å². The van der Waals surface area contributed by atoms with Crippen LogP contribution < -0.4 is 15.0 Å². The smallest absolute Gasteiger partial charge is 0.252 e. The molecule has 0 aromatic heterocycles. The molecule has 0 radical (unpaired) electrons. The van der Waals surface area contributed by atoms with Crippen LogP contribution in [0.25, 0.3) is 10.8 Å². The molecule has 32 heavy (non-hydrogen) atoms. The number of fused-ring (bicyclic) bond motifs is 1. The predicted octanol–water partition coefficient (Wildman–Crippen LogP) is 2.29. The number of hydrogen-bond acceptors (Lipinski definition) is 5. The summed E-state index contributed by atoms with van der Waals surface area (Å²) in [5.41, 5.74) is 1.45. The highest BCUT2D eigenvalue weighted by molar-refractivity contribution is 6.00. The molecular formula is C25H27N3O4. The van der Waals surface area contributed by atoms with Crippen LogP contribution in [0.15, 0.2) is 66.7 Å². The molecule has 0 aliphatic carbocycles. The van der Waals surface area contributed by atoms with Crippen LogP contribution in [-0.2, 0) is 4.79 Å². The van der Waals surface area contributed by atoms with Crippen molar-refractivity contribution in [1.82, 2.24) is 10.2 Å². The number of methoxy groups -OCH3 is 1. The van der Waals surface area contributed by atoms with Gasteiger partial charge in [0.1, 0.15) is 11.8 Å². The number of aliphatic hydroxyl groups excluding tert-OH is 1. The fourth-order valence-electron chi connectivity index (χ4n) is 4.04. The minimum atomic E-state index is -0.980. The van der Waals surface area contributed by atoms with Gasteiger partial charge in [0.2, 0.25) is 5.91 Å². The molecular weight excluding hydrogens is 406 g/mol. The van der Waals surface area contributed by atoms with Crippen LogP contribution in [0.5, 0.6) is 5.75 Å². The summed E-state index contributed by atoms with van der Waals surface area (Å²) < 4.78 is 5.44. The van der Waals surface area contributed by atoms with E-state index in [1.807, 2.05) is 54.6 Å². The van der Waals surface area contributed by atoms with E-state index >= 15 is 0 Å². The number of hydrogen-bond donors (Lipinski definition) is 2. The zero-order valence-corrected chi connectivity index (χ0v) is 18.0. The third-order valence-corrected chi connectivity index (χ3v) is 5.81. The molecule has 0 unspecified atom stereocenters. The third-order valence-electron chi connectivity index (χ3n) is 5.81. The summed E-state index contributed by atoms with van der Waals surface area (Å²) >= 11 is 0. The second kappa shape index (κ2) is 9.70. The second-order valence-electron chi connectivity index (χ2n) is 7.75. The van der Waals surface area contributed by atoms with Crippen molar-refractivity contribution in [3.05, 3.63) is 72.3 Å². The Bertz CT molecular complexity index is 1110. The third kappa shape index (κ3) is 4.53. The number of aliphatic hydroxyl groups is 1. The Labute approximate surface area is 187 Å². The summed E-state index contributed by atoms with van der Waals surface area (Å²) in [7, 11) is 1.64. The Kier molecular flexibility index (Phi) is 6.56. The van der Waals surface area contributed by atoms with Crippen LogP contribution in [0, 0.1) is 0 Å². The minimum Gasteiger partial charge on any atom is -0.495 e. The number of nitrogens with one attached hydrogen (secondary N) is 1. The first-order valence-electron chi connectivity index (χ1n) is 10.7. The lowest BCUT2D eigenvalue weighted by Gasteiger charge is -2.37. The zero-order valence-electron chi connectivity index (χ0n) is 18.0. The van der Waals surface area contributed by atoms with Gasteiger partial charge in [-0.05, 0) is 35.0 Å². The summed E-state index contributed by atoms with van der Waals surface area (Å²) in [6.45, 7) is 1.83. The van der Waals surface area contributed by atoms with E-state index in [4.69, 9.17) is 4.74 Å². The van der Waals surface area contributed by atoms with E-state index in [-0.39, 0.29) is 11.8 Å². The number of nitrogens with zero attached hydrogens (tertiary/aromatic N) is 2. The Morgan fingerprint density at radius 1 is 0.969 bits per heavy atom. The highest BCUT2D eigenvalue weighted by Gasteiger charge is 2.29. The molecule has 1 heterocycles.